The quantitative estimate of drug-likeness (QED) is 0.757. The topological polar surface area (TPSA) is 59.6 Å². The summed E-state index contributed by atoms with van der Waals surface area (Å²) in [7, 11) is 1.57. The molecule has 0 spiro atoms. The van der Waals surface area contributed by atoms with Crippen LogP contribution in [0.2, 0.25) is 0 Å². The van der Waals surface area contributed by atoms with Gasteiger partial charge in [0.05, 0.1) is 19.8 Å². The van der Waals surface area contributed by atoms with E-state index in [1.807, 2.05) is 0 Å². The largest absolute Gasteiger partial charge is 0.497 e. The Labute approximate surface area is 163 Å². The zero-order valence-corrected chi connectivity index (χ0v) is 15.7. The molecule has 0 atom stereocenters. The summed E-state index contributed by atoms with van der Waals surface area (Å²) in [6.07, 6.45) is 2.87. The van der Waals surface area contributed by atoms with Crippen LogP contribution in [0.3, 0.4) is 0 Å². The van der Waals surface area contributed by atoms with Crippen molar-refractivity contribution in [2.24, 2.45) is 0 Å². The molecule has 28 heavy (non-hydrogen) atoms. The van der Waals surface area contributed by atoms with Crippen LogP contribution >= 0.6 is 0 Å². The lowest BCUT2D eigenvalue weighted by Crippen LogP contribution is -2.41. The van der Waals surface area contributed by atoms with Crippen molar-refractivity contribution in [2.75, 3.05) is 12.4 Å². The Morgan fingerprint density at radius 3 is 2.43 bits per heavy atom. The molecule has 2 aromatic carbocycles. The van der Waals surface area contributed by atoms with Gasteiger partial charge in [-0.1, -0.05) is 12.1 Å². The van der Waals surface area contributed by atoms with E-state index in [0.29, 0.717) is 11.4 Å². The highest BCUT2D eigenvalue weighted by Crippen LogP contribution is 2.24. The average Bonchev–Trinajstić information content (AvgIpc) is 2.69. The third kappa shape index (κ3) is 5.42. The van der Waals surface area contributed by atoms with Crippen LogP contribution in [0.25, 0.3) is 0 Å². The number of carbonyl (C=O) groups is 1. The molecule has 0 heterocycles. The van der Waals surface area contributed by atoms with Gasteiger partial charge in [-0.2, -0.15) is 0 Å². The summed E-state index contributed by atoms with van der Waals surface area (Å²) in [5.41, 5.74) is 0.612. The van der Waals surface area contributed by atoms with Crippen molar-refractivity contribution in [3.05, 3.63) is 59.7 Å². The number of urea groups is 1. The summed E-state index contributed by atoms with van der Waals surface area (Å²) in [4.78, 5) is 12.2. The SMILES string of the molecule is COc1cccc(NC(=O)NC2CCC(OCc3c(F)cccc3F)CC2)c1. The molecule has 5 nitrogen and oxygen atoms in total. The summed E-state index contributed by atoms with van der Waals surface area (Å²) in [6, 6.07) is 10.7. The second kappa shape index (κ2) is 9.50. The van der Waals surface area contributed by atoms with Gasteiger partial charge in [0.25, 0.3) is 0 Å². The fourth-order valence-corrected chi connectivity index (χ4v) is 3.30. The molecule has 1 aliphatic rings. The third-order valence-electron chi connectivity index (χ3n) is 4.86. The van der Waals surface area contributed by atoms with Crippen molar-refractivity contribution in [1.82, 2.24) is 5.32 Å². The first-order valence-corrected chi connectivity index (χ1v) is 9.31. The van der Waals surface area contributed by atoms with E-state index in [2.05, 4.69) is 10.6 Å². The number of hydrogen-bond acceptors (Lipinski definition) is 3. The molecule has 2 aromatic rings. The van der Waals surface area contributed by atoms with E-state index in [-0.39, 0.29) is 30.3 Å². The van der Waals surface area contributed by atoms with Crippen LogP contribution in [-0.2, 0) is 11.3 Å². The van der Waals surface area contributed by atoms with E-state index >= 15 is 0 Å². The number of hydrogen-bond donors (Lipinski definition) is 2. The van der Waals surface area contributed by atoms with E-state index in [4.69, 9.17) is 9.47 Å². The summed E-state index contributed by atoms with van der Waals surface area (Å²) < 4.78 is 38.1. The van der Waals surface area contributed by atoms with Crippen LogP contribution in [0.1, 0.15) is 31.2 Å². The van der Waals surface area contributed by atoms with Crippen LogP contribution in [0.5, 0.6) is 5.75 Å². The van der Waals surface area contributed by atoms with Crippen LogP contribution in [0, 0.1) is 11.6 Å². The minimum absolute atomic E-state index is 0.0376. The van der Waals surface area contributed by atoms with Crippen molar-refractivity contribution in [3.8, 4) is 5.75 Å². The van der Waals surface area contributed by atoms with Gasteiger partial charge in [0.2, 0.25) is 0 Å². The van der Waals surface area contributed by atoms with E-state index in [9.17, 15) is 13.6 Å². The van der Waals surface area contributed by atoms with E-state index in [0.717, 1.165) is 25.7 Å². The van der Waals surface area contributed by atoms with Crippen molar-refractivity contribution in [2.45, 2.75) is 44.4 Å². The number of rotatable bonds is 6. The molecular weight excluding hydrogens is 366 g/mol. The molecule has 0 bridgehead atoms. The maximum Gasteiger partial charge on any atom is 0.319 e. The standard InChI is InChI=1S/C21H24F2N2O3/c1-27-17-5-2-4-15(12-17)25-21(26)24-14-8-10-16(11-9-14)28-13-18-19(22)6-3-7-20(18)23/h2-7,12,14,16H,8-11,13H2,1H3,(H2,24,25,26). The fraction of sp³-hybridized carbons (Fsp3) is 0.381. The van der Waals surface area contributed by atoms with Crippen molar-refractivity contribution >= 4 is 11.7 Å². The Balaban J connectivity index is 1.42. The maximum absolute atomic E-state index is 13.7. The van der Waals surface area contributed by atoms with Gasteiger partial charge in [0, 0.05) is 23.4 Å². The zero-order chi connectivity index (χ0) is 19.9. The third-order valence-corrected chi connectivity index (χ3v) is 4.86. The highest BCUT2D eigenvalue weighted by molar-refractivity contribution is 5.89. The Morgan fingerprint density at radius 2 is 1.75 bits per heavy atom. The van der Waals surface area contributed by atoms with Gasteiger partial charge in [-0.25, -0.2) is 13.6 Å². The minimum atomic E-state index is -0.593. The van der Waals surface area contributed by atoms with Gasteiger partial charge in [-0.3, -0.25) is 0 Å². The molecule has 0 aromatic heterocycles. The number of nitrogens with one attached hydrogen (secondary N) is 2. The first kappa shape index (κ1) is 20.1. The molecule has 0 unspecified atom stereocenters. The molecule has 150 valence electrons. The molecule has 1 fully saturated rings. The Bertz CT molecular complexity index is 788. The normalized spacial score (nSPS) is 19.1. The lowest BCUT2D eigenvalue weighted by atomic mass is 9.93. The van der Waals surface area contributed by atoms with Crippen LogP contribution in [-0.4, -0.2) is 25.3 Å². The predicted octanol–water partition coefficient (Wildman–Crippen LogP) is 4.62. The van der Waals surface area contributed by atoms with Gasteiger partial charge in [0.1, 0.15) is 17.4 Å². The predicted molar refractivity (Wildman–Crippen MR) is 102 cm³/mol. The number of halogens is 2. The van der Waals surface area contributed by atoms with E-state index in [1.165, 1.54) is 18.2 Å². The number of benzene rings is 2. The Kier molecular flexibility index (Phi) is 6.81. The lowest BCUT2D eigenvalue weighted by Gasteiger charge is -2.29. The number of carbonyl (C=O) groups excluding carboxylic acids is 1. The van der Waals surface area contributed by atoms with Crippen molar-refractivity contribution in [3.63, 3.8) is 0 Å². The molecular formula is C21H24F2N2O3. The van der Waals surface area contributed by atoms with Crippen LogP contribution in [0.4, 0.5) is 19.3 Å². The van der Waals surface area contributed by atoms with E-state index in [1.54, 1.807) is 31.4 Å². The van der Waals surface area contributed by atoms with Crippen LogP contribution in [0.15, 0.2) is 42.5 Å². The average molecular weight is 390 g/mol. The summed E-state index contributed by atoms with van der Waals surface area (Å²) >= 11 is 0. The zero-order valence-electron chi connectivity index (χ0n) is 15.7. The first-order chi connectivity index (χ1) is 13.5. The molecule has 1 saturated carbocycles. The molecule has 0 radical (unpaired) electrons. The summed E-state index contributed by atoms with van der Waals surface area (Å²) in [5.74, 6) is -0.518. The maximum atomic E-state index is 13.7. The summed E-state index contributed by atoms with van der Waals surface area (Å²) in [6.45, 7) is -0.0857. The monoisotopic (exact) mass is 390 g/mol. The molecule has 2 amide bonds. The lowest BCUT2D eigenvalue weighted by molar-refractivity contribution is 0.00964. The Hall–Kier alpha value is -2.67. The van der Waals surface area contributed by atoms with Gasteiger partial charge in [-0.05, 0) is 49.9 Å². The smallest absolute Gasteiger partial charge is 0.319 e. The van der Waals surface area contributed by atoms with Gasteiger partial charge in [-0.15, -0.1) is 0 Å². The molecule has 1 aliphatic carbocycles. The van der Waals surface area contributed by atoms with Gasteiger partial charge in [0.15, 0.2) is 0 Å². The van der Waals surface area contributed by atoms with Gasteiger partial charge < -0.3 is 20.1 Å². The van der Waals surface area contributed by atoms with Crippen molar-refractivity contribution in [1.29, 1.82) is 0 Å². The van der Waals surface area contributed by atoms with Gasteiger partial charge >= 0.3 is 6.03 Å². The molecule has 7 heteroatoms. The number of methoxy groups -OCH3 is 1. The molecule has 3 rings (SSSR count). The van der Waals surface area contributed by atoms with E-state index < -0.39 is 11.6 Å². The number of amides is 2. The number of anilines is 1. The molecule has 0 saturated heterocycles. The molecule has 0 aliphatic heterocycles. The summed E-state index contributed by atoms with van der Waals surface area (Å²) in [5, 5.41) is 5.74. The minimum Gasteiger partial charge on any atom is -0.497 e. The second-order valence-corrected chi connectivity index (χ2v) is 6.82. The molecule has 2 N–H and O–H groups in total. The second-order valence-electron chi connectivity index (χ2n) is 6.82. The Morgan fingerprint density at radius 1 is 1.07 bits per heavy atom. The van der Waals surface area contributed by atoms with Crippen molar-refractivity contribution < 1.29 is 23.0 Å². The first-order valence-electron chi connectivity index (χ1n) is 9.31. The number of ether oxygens (including phenoxy) is 2. The fourth-order valence-electron chi connectivity index (χ4n) is 3.30. The van der Waals surface area contributed by atoms with Crippen LogP contribution < -0.4 is 15.4 Å². The highest BCUT2D eigenvalue weighted by Gasteiger charge is 2.23. The highest BCUT2D eigenvalue weighted by atomic mass is 19.1.